The van der Waals surface area contributed by atoms with E-state index in [1.807, 2.05) is 12.1 Å². The van der Waals surface area contributed by atoms with E-state index in [1.54, 1.807) is 18.2 Å². The molecule has 1 N–H and O–H groups in total. The fourth-order valence-electron chi connectivity index (χ4n) is 2.83. The number of halogens is 2. The van der Waals surface area contributed by atoms with Gasteiger partial charge < -0.3 is 5.32 Å². The van der Waals surface area contributed by atoms with Gasteiger partial charge in [0.1, 0.15) is 0 Å². The highest BCUT2D eigenvalue weighted by Crippen LogP contribution is 2.30. The Kier molecular flexibility index (Phi) is 4.18. The Balaban J connectivity index is 1.82. The van der Waals surface area contributed by atoms with Crippen LogP contribution in [0.1, 0.15) is 40.4 Å². The van der Waals surface area contributed by atoms with Crippen molar-refractivity contribution in [3.05, 3.63) is 69.2 Å². The normalized spacial score (nSPS) is 17.1. The molecule has 0 heterocycles. The maximum absolute atomic E-state index is 12.4. The lowest BCUT2D eigenvalue weighted by Gasteiger charge is -2.26. The Morgan fingerprint density at radius 3 is 2.57 bits per heavy atom. The van der Waals surface area contributed by atoms with Gasteiger partial charge in [0.2, 0.25) is 0 Å². The van der Waals surface area contributed by atoms with Crippen LogP contribution in [0.15, 0.2) is 42.5 Å². The maximum Gasteiger partial charge on any atom is 0.251 e. The summed E-state index contributed by atoms with van der Waals surface area (Å²) in [5, 5.41) is 4.03. The Morgan fingerprint density at radius 2 is 1.81 bits per heavy atom. The van der Waals surface area contributed by atoms with Gasteiger partial charge in [-0.25, -0.2) is 0 Å². The number of benzene rings is 2. The van der Waals surface area contributed by atoms with Crippen LogP contribution in [0, 0.1) is 0 Å². The molecule has 0 saturated carbocycles. The van der Waals surface area contributed by atoms with E-state index in [0.717, 1.165) is 19.3 Å². The van der Waals surface area contributed by atoms with Gasteiger partial charge in [-0.15, -0.1) is 0 Å². The third kappa shape index (κ3) is 3.22. The SMILES string of the molecule is O=C(N[C@@H]1CCCc2ccccc21)c1cc(Cl)cc(Cl)c1. The van der Waals surface area contributed by atoms with Gasteiger partial charge in [-0.2, -0.15) is 0 Å². The van der Waals surface area contributed by atoms with Crippen LogP contribution in [0.25, 0.3) is 0 Å². The molecule has 0 saturated heterocycles. The Hall–Kier alpha value is -1.51. The topological polar surface area (TPSA) is 29.1 Å². The van der Waals surface area contributed by atoms with Crippen LogP contribution in [0.2, 0.25) is 10.0 Å². The van der Waals surface area contributed by atoms with E-state index in [9.17, 15) is 4.79 Å². The van der Waals surface area contributed by atoms with Crippen LogP contribution in [0.4, 0.5) is 0 Å². The number of hydrogen-bond acceptors (Lipinski definition) is 1. The van der Waals surface area contributed by atoms with Gasteiger partial charge in [-0.1, -0.05) is 47.5 Å². The number of carbonyl (C=O) groups excluding carboxylic acids is 1. The number of rotatable bonds is 2. The van der Waals surface area contributed by atoms with Gasteiger partial charge in [0.25, 0.3) is 5.91 Å². The fraction of sp³-hybridized carbons (Fsp3) is 0.235. The smallest absolute Gasteiger partial charge is 0.251 e. The first-order valence-electron chi connectivity index (χ1n) is 6.98. The molecule has 0 bridgehead atoms. The van der Waals surface area contributed by atoms with Gasteiger partial charge >= 0.3 is 0 Å². The Bertz CT molecular complexity index is 664. The summed E-state index contributed by atoms with van der Waals surface area (Å²) in [6.45, 7) is 0. The summed E-state index contributed by atoms with van der Waals surface area (Å²) in [5.74, 6) is -0.138. The number of amides is 1. The highest BCUT2D eigenvalue weighted by Gasteiger charge is 2.22. The molecular weight excluding hydrogens is 305 g/mol. The van der Waals surface area contributed by atoms with Crippen LogP contribution in [0.5, 0.6) is 0 Å². The largest absolute Gasteiger partial charge is 0.345 e. The molecule has 0 aromatic heterocycles. The molecule has 1 aliphatic rings. The Labute approximate surface area is 134 Å². The van der Waals surface area contributed by atoms with Crippen molar-refractivity contribution >= 4 is 29.1 Å². The van der Waals surface area contributed by atoms with E-state index in [0.29, 0.717) is 15.6 Å². The van der Waals surface area contributed by atoms with Crippen molar-refractivity contribution < 1.29 is 4.79 Å². The first-order valence-corrected chi connectivity index (χ1v) is 7.74. The molecular formula is C17H15Cl2NO. The van der Waals surface area contributed by atoms with Gasteiger partial charge in [-0.05, 0) is 48.6 Å². The first-order chi connectivity index (χ1) is 10.1. The van der Waals surface area contributed by atoms with Crippen LogP contribution in [-0.4, -0.2) is 5.91 Å². The molecule has 2 aromatic rings. The lowest BCUT2D eigenvalue weighted by Crippen LogP contribution is -2.30. The van der Waals surface area contributed by atoms with Crippen molar-refractivity contribution in [3.8, 4) is 0 Å². The molecule has 4 heteroatoms. The molecule has 0 unspecified atom stereocenters. The minimum Gasteiger partial charge on any atom is -0.345 e. The zero-order chi connectivity index (χ0) is 14.8. The lowest BCUT2D eigenvalue weighted by atomic mass is 9.87. The standard InChI is InChI=1S/C17H15Cl2NO/c18-13-8-12(9-14(19)10-13)17(21)20-16-7-3-5-11-4-1-2-6-15(11)16/h1-2,4,6,8-10,16H,3,5,7H2,(H,20,21)/t16-/m1/s1. The summed E-state index contributed by atoms with van der Waals surface area (Å²) < 4.78 is 0. The van der Waals surface area contributed by atoms with Crippen molar-refractivity contribution in [3.63, 3.8) is 0 Å². The molecule has 108 valence electrons. The van der Waals surface area contributed by atoms with E-state index in [4.69, 9.17) is 23.2 Å². The van der Waals surface area contributed by atoms with Crippen molar-refractivity contribution in [1.82, 2.24) is 5.32 Å². The van der Waals surface area contributed by atoms with Crippen LogP contribution in [-0.2, 0) is 6.42 Å². The summed E-state index contributed by atoms with van der Waals surface area (Å²) >= 11 is 11.9. The molecule has 0 fully saturated rings. The van der Waals surface area contributed by atoms with Gasteiger partial charge in [0, 0.05) is 15.6 Å². The summed E-state index contributed by atoms with van der Waals surface area (Å²) in [6.07, 6.45) is 3.11. The third-order valence-corrected chi connectivity index (χ3v) is 4.24. The number of nitrogens with one attached hydrogen (secondary N) is 1. The monoisotopic (exact) mass is 319 g/mol. The first kappa shape index (κ1) is 14.4. The number of fused-ring (bicyclic) bond motifs is 1. The molecule has 2 nitrogen and oxygen atoms in total. The van der Waals surface area contributed by atoms with Crippen LogP contribution < -0.4 is 5.32 Å². The summed E-state index contributed by atoms with van der Waals surface area (Å²) in [7, 11) is 0. The van der Waals surface area contributed by atoms with Crippen molar-refractivity contribution in [2.45, 2.75) is 25.3 Å². The molecule has 21 heavy (non-hydrogen) atoms. The van der Waals surface area contributed by atoms with E-state index >= 15 is 0 Å². The van der Waals surface area contributed by atoms with E-state index in [-0.39, 0.29) is 11.9 Å². The number of hydrogen-bond donors (Lipinski definition) is 1. The van der Waals surface area contributed by atoms with Gasteiger partial charge in [0.05, 0.1) is 6.04 Å². The molecule has 0 radical (unpaired) electrons. The second-order valence-electron chi connectivity index (χ2n) is 5.28. The van der Waals surface area contributed by atoms with E-state index in [2.05, 4.69) is 17.4 Å². The second kappa shape index (κ2) is 6.08. The Morgan fingerprint density at radius 1 is 1.10 bits per heavy atom. The zero-order valence-corrected chi connectivity index (χ0v) is 12.9. The fourth-order valence-corrected chi connectivity index (χ4v) is 3.36. The molecule has 2 aromatic carbocycles. The quantitative estimate of drug-likeness (QED) is 0.846. The van der Waals surface area contributed by atoms with Gasteiger partial charge in [0.15, 0.2) is 0 Å². The third-order valence-electron chi connectivity index (χ3n) is 3.80. The van der Waals surface area contributed by atoms with E-state index < -0.39 is 0 Å². The zero-order valence-electron chi connectivity index (χ0n) is 11.4. The molecule has 1 amide bonds. The predicted octanol–water partition coefficient (Wildman–Crippen LogP) is 4.80. The average molecular weight is 320 g/mol. The van der Waals surface area contributed by atoms with Gasteiger partial charge in [-0.3, -0.25) is 4.79 Å². The predicted molar refractivity (Wildman–Crippen MR) is 86.0 cm³/mol. The van der Waals surface area contributed by atoms with Crippen LogP contribution >= 0.6 is 23.2 Å². The molecule has 1 atom stereocenters. The second-order valence-corrected chi connectivity index (χ2v) is 6.15. The number of carbonyl (C=O) groups is 1. The minimum atomic E-state index is -0.138. The number of aryl methyl sites for hydroxylation is 1. The summed E-state index contributed by atoms with van der Waals surface area (Å²) in [6, 6.07) is 13.2. The maximum atomic E-state index is 12.4. The van der Waals surface area contributed by atoms with Crippen molar-refractivity contribution in [2.75, 3.05) is 0 Å². The molecule has 3 rings (SSSR count). The lowest BCUT2D eigenvalue weighted by molar-refractivity contribution is 0.0933. The summed E-state index contributed by atoms with van der Waals surface area (Å²) in [4.78, 5) is 12.4. The van der Waals surface area contributed by atoms with Crippen molar-refractivity contribution in [1.29, 1.82) is 0 Å². The molecule has 1 aliphatic carbocycles. The average Bonchev–Trinajstić information content (AvgIpc) is 2.46. The minimum absolute atomic E-state index is 0.0557. The molecule has 0 spiro atoms. The summed E-state index contributed by atoms with van der Waals surface area (Å²) in [5.41, 5.74) is 3.03. The van der Waals surface area contributed by atoms with Crippen molar-refractivity contribution in [2.24, 2.45) is 0 Å². The highest BCUT2D eigenvalue weighted by molar-refractivity contribution is 6.35. The van der Waals surface area contributed by atoms with E-state index in [1.165, 1.54) is 11.1 Å². The molecule has 0 aliphatic heterocycles. The van der Waals surface area contributed by atoms with Crippen LogP contribution in [0.3, 0.4) is 0 Å². The highest BCUT2D eigenvalue weighted by atomic mass is 35.5.